The van der Waals surface area contributed by atoms with Crippen LogP contribution in [0.5, 0.6) is 0 Å². The molecule has 0 amide bonds. The van der Waals surface area contributed by atoms with Crippen molar-refractivity contribution < 1.29 is 28.9 Å². The smallest absolute Gasteiger partial charge is 0.0814 e. The van der Waals surface area contributed by atoms with Gasteiger partial charge in [-0.2, -0.15) is 14.0 Å². The molecule has 0 fully saturated rings. The van der Waals surface area contributed by atoms with Crippen LogP contribution in [0, 0.1) is 10.2 Å². The standard InChI is InChI=1S/BH3.ClHO4.K/c;2-1(3,4)5;/h1H3;(H,2,3,4,5);. The molecular weight excluding hydrogens is 149 g/mol. The average Bonchev–Trinajstić information content (AvgIpc) is 0.722. The minimum atomic E-state index is -4.69. The summed E-state index contributed by atoms with van der Waals surface area (Å²) in [6, 6.07) is 0. The maximum atomic E-state index is 8.60. The summed E-state index contributed by atoms with van der Waals surface area (Å²) in [7, 11) is -4.69. The van der Waals surface area contributed by atoms with Gasteiger partial charge < -0.3 is 0 Å². The molecule has 7 heteroatoms. The van der Waals surface area contributed by atoms with E-state index in [0.29, 0.717) is 0 Å². The number of halogens is 1. The van der Waals surface area contributed by atoms with Gasteiger partial charge in [-0.05, 0) is 0 Å². The van der Waals surface area contributed by atoms with Gasteiger partial charge >= 0.3 is 0 Å². The van der Waals surface area contributed by atoms with Gasteiger partial charge in [0.15, 0.2) is 0 Å². The Hall–Kier alpha value is 1.83. The largest absolute Gasteiger partial charge is 0.183 e. The molecule has 39 valence electrons. The minimum absolute atomic E-state index is 0. The minimum Gasteiger partial charge on any atom is -0.183 e. The summed E-state index contributed by atoms with van der Waals surface area (Å²) in [6.07, 6.45) is 0. The first kappa shape index (κ1) is 15.9. The monoisotopic (exact) mass is 153 g/mol. The molecule has 0 aliphatic carbocycles. The molecule has 1 N–H and O–H groups in total. The van der Waals surface area contributed by atoms with Crippen molar-refractivity contribution in [3.05, 3.63) is 0 Å². The average molecular weight is 153 g/mol. The molecule has 0 aromatic heterocycles. The Morgan fingerprint density at radius 1 is 1.14 bits per heavy atom. The molecule has 0 aliphatic rings. The van der Waals surface area contributed by atoms with E-state index >= 15 is 0 Å². The summed E-state index contributed by atoms with van der Waals surface area (Å²) in [5.41, 5.74) is 0. The molecule has 1 radical (unpaired) electrons. The van der Waals surface area contributed by atoms with E-state index in [1.807, 2.05) is 0 Å². The van der Waals surface area contributed by atoms with E-state index in [1.54, 1.807) is 0 Å². The molecule has 0 spiro atoms. The summed E-state index contributed by atoms with van der Waals surface area (Å²) in [5, 5.41) is 0. The first-order valence-electron chi connectivity index (χ1n) is 0.632. The number of hydrogen-bond acceptors (Lipinski definition) is 4. The van der Waals surface area contributed by atoms with Crippen molar-refractivity contribution in [2.45, 2.75) is 0 Å². The van der Waals surface area contributed by atoms with Crippen molar-refractivity contribution in [2.75, 3.05) is 0 Å². The van der Waals surface area contributed by atoms with Crippen LogP contribution in [0.15, 0.2) is 0 Å². The van der Waals surface area contributed by atoms with Crippen LogP contribution in [0.1, 0.15) is 0 Å². The number of hydrogen-bond donors (Lipinski definition) is 1. The molecule has 4 nitrogen and oxygen atoms in total. The van der Waals surface area contributed by atoms with Gasteiger partial charge in [0.2, 0.25) is 0 Å². The Bertz CT molecular complexity index is 27.2. The van der Waals surface area contributed by atoms with Gasteiger partial charge in [0, 0.05) is 51.4 Å². The van der Waals surface area contributed by atoms with Gasteiger partial charge in [0.1, 0.15) is 0 Å². The van der Waals surface area contributed by atoms with Gasteiger partial charge in [-0.15, -0.1) is 0 Å². The van der Waals surface area contributed by atoms with Crippen LogP contribution in [-0.2, 0) is 0 Å². The topological polar surface area (TPSA) is 89.4 Å². The van der Waals surface area contributed by atoms with E-state index < -0.39 is 10.2 Å². The van der Waals surface area contributed by atoms with Crippen molar-refractivity contribution in [3.8, 4) is 0 Å². The Morgan fingerprint density at radius 2 is 1.14 bits per heavy atom. The van der Waals surface area contributed by atoms with Crippen molar-refractivity contribution in [1.82, 2.24) is 0 Å². The van der Waals surface area contributed by atoms with Crippen LogP contribution in [0.3, 0.4) is 0 Å². The SMILES string of the molecule is B.[K].[O-][Cl+3]([O-])([O-])O. The normalized spacial score (nSPS) is 8.57. The van der Waals surface area contributed by atoms with Crippen LogP contribution in [0.4, 0.5) is 0 Å². The Labute approximate surface area is 87.3 Å². The molecular formula is H4BClKO4. The first-order valence-corrected chi connectivity index (χ1v) is 1.90. The fraction of sp³-hybridized carbons (Fsp3) is 0. The molecule has 0 saturated carbocycles. The van der Waals surface area contributed by atoms with Gasteiger partial charge in [-0.1, -0.05) is 0 Å². The summed E-state index contributed by atoms with van der Waals surface area (Å²) in [6.45, 7) is 0. The summed E-state index contributed by atoms with van der Waals surface area (Å²) in [5.74, 6) is 0. The van der Waals surface area contributed by atoms with E-state index in [2.05, 4.69) is 0 Å². The third-order valence-electron chi connectivity index (χ3n) is 0. The van der Waals surface area contributed by atoms with Crippen LogP contribution < -0.4 is 14.0 Å². The maximum Gasteiger partial charge on any atom is 0.0814 e. The van der Waals surface area contributed by atoms with Crippen LogP contribution in [0.25, 0.3) is 0 Å². The van der Waals surface area contributed by atoms with Crippen molar-refractivity contribution >= 4 is 59.8 Å². The summed E-state index contributed by atoms with van der Waals surface area (Å²) in [4.78, 5) is 0. The fourth-order valence-corrected chi connectivity index (χ4v) is 0. The number of rotatable bonds is 0. The Balaban J connectivity index is -0.0000000800. The summed E-state index contributed by atoms with van der Waals surface area (Å²) < 4.78 is 32.7. The van der Waals surface area contributed by atoms with Crippen LogP contribution >= 0.6 is 0 Å². The van der Waals surface area contributed by atoms with Crippen molar-refractivity contribution in [3.63, 3.8) is 0 Å². The molecule has 0 aromatic carbocycles. The zero-order valence-electron chi connectivity index (χ0n) is 3.05. The molecule has 0 heterocycles. The molecule has 0 aromatic rings. The third-order valence-corrected chi connectivity index (χ3v) is 0. The molecule has 7 heavy (non-hydrogen) atoms. The second kappa shape index (κ2) is 5.96. The molecule has 0 bridgehead atoms. The van der Waals surface area contributed by atoms with Gasteiger partial charge in [0.05, 0.1) is 23.3 Å². The second-order valence-electron chi connectivity index (χ2n) is 0.396. The van der Waals surface area contributed by atoms with Gasteiger partial charge in [-0.3, -0.25) is 0 Å². The van der Waals surface area contributed by atoms with Crippen LogP contribution in [-0.4, -0.2) is 64.5 Å². The molecule has 0 unspecified atom stereocenters. The van der Waals surface area contributed by atoms with Gasteiger partial charge in [0.25, 0.3) is 0 Å². The van der Waals surface area contributed by atoms with Crippen LogP contribution in [0.2, 0.25) is 0 Å². The van der Waals surface area contributed by atoms with Crippen molar-refractivity contribution in [1.29, 1.82) is 0 Å². The summed E-state index contributed by atoms with van der Waals surface area (Å²) >= 11 is 0. The zero-order valence-corrected chi connectivity index (χ0v) is 6.93. The quantitative estimate of drug-likeness (QED) is 0.351. The predicted molar refractivity (Wildman–Crippen MR) is 17.9 cm³/mol. The molecule has 0 aliphatic heterocycles. The molecule has 0 rings (SSSR count). The maximum absolute atomic E-state index is 8.60. The second-order valence-corrected chi connectivity index (χ2v) is 1.19. The third kappa shape index (κ3) is 79.4. The van der Waals surface area contributed by atoms with E-state index in [-0.39, 0.29) is 59.8 Å². The Kier molecular flexibility index (Phi) is 13.6. The zero-order chi connectivity index (χ0) is 4.50. The fourth-order valence-electron chi connectivity index (χ4n) is 0. The molecule has 0 saturated heterocycles. The van der Waals surface area contributed by atoms with E-state index in [1.165, 1.54) is 0 Å². The van der Waals surface area contributed by atoms with Crippen molar-refractivity contribution in [2.24, 2.45) is 0 Å². The molecule has 0 atom stereocenters. The van der Waals surface area contributed by atoms with Gasteiger partial charge in [-0.25, -0.2) is 0 Å². The van der Waals surface area contributed by atoms with E-state index in [0.717, 1.165) is 0 Å². The Morgan fingerprint density at radius 3 is 1.14 bits per heavy atom. The van der Waals surface area contributed by atoms with E-state index in [9.17, 15) is 0 Å². The predicted octanol–water partition coefficient (Wildman–Crippen LogP) is -5.69. The van der Waals surface area contributed by atoms with E-state index in [4.69, 9.17) is 18.6 Å². The first-order chi connectivity index (χ1) is 2.00.